The van der Waals surface area contributed by atoms with Crippen LogP contribution in [0.3, 0.4) is 0 Å². The van der Waals surface area contributed by atoms with Crippen molar-refractivity contribution in [1.29, 1.82) is 0 Å². The lowest BCUT2D eigenvalue weighted by atomic mass is 10.0. The van der Waals surface area contributed by atoms with Gasteiger partial charge in [-0.1, -0.05) is 0 Å². The van der Waals surface area contributed by atoms with E-state index < -0.39 is 18.5 Å². The summed E-state index contributed by atoms with van der Waals surface area (Å²) in [7, 11) is 1.36. The van der Waals surface area contributed by atoms with Crippen LogP contribution in [0, 0.1) is 0 Å². The van der Waals surface area contributed by atoms with E-state index in [2.05, 4.69) is 15.3 Å². The molecule has 0 bridgehead atoms. The zero-order valence-electron chi connectivity index (χ0n) is 13.6. The standard InChI is InChI=1S/C16H15N3O7/c1-25-12-3-9(2-10(7-20)15(12)26-8-14(23)24)11-4-17-16(18-5-11)19-6-13(21)22/h2-5,7H,6,8H2,1H3,(H,21,22)(H,23,24)(H,17,18,19). The van der Waals surface area contributed by atoms with Gasteiger partial charge in [-0.05, 0) is 17.7 Å². The molecule has 1 aromatic carbocycles. The average Bonchev–Trinajstić information content (AvgIpc) is 2.64. The molecule has 0 fully saturated rings. The number of ether oxygens (including phenoxy) is 2. The van der Waals surface area contributed by atoms with E-state index in [9.17, 15) is 14.4 Å². The van der Waals surface area contributed by atoms with Crippen LogP contribution in [0.15, 0.2) is 24.5 Å². The summed E-state index contributed by atoms with van der Waals surface area (Å²) in [6.45, 7) is -0.943. The number of aldehydes is 1. The number of methoxy groups -OCH3 is 1. The number of nitrogens with zero attached hydrogens (tertiary/aromatic N) is 2. The van der Waals surface area contributed by atoms with Crippen molar-refractivity contribution in [2.45, 2.75) is 0 Å². The molecule has 0 radical (unpaired) electrons. The Bertz CT molecular complexity index is 821. The normalized spacial score (nSPS) is 10.0. The number of hydrogen-bond donors (Lipinski definition) is 3. The van der Waals surface area contributed by atoms with Gasteiger partial charge in [0, 0.05) is 18.0 Å². The topological polar surface area (TPSA) is 148 Å². The highest BCUT2D eigenvalue weighted by molar-refractivity contribution is 5.85. The number of carboxylic acids is 2. The lowest BCUT2D eigenvalue weighted by Gasteiger charge is -2.13. The molecule has 0 spiro atoms. The molecule has 0 aliphatic rings. The predicted octanol–water partition coefficient (Wildman–Crippen LogP) is 0.925. The Morgan fingerprint density at radius 2 is 1.85 bits per heavy atom. The number of hydrogen-bond acceptors (Lipinski definition) is 8. The summed E-state index contributed by atoms with van der Waals surface area (Å²) < 4.78 is 10.3. The molecule has 0 saturated carbocycles. The third-order valence-electron chi connectivity index (χ3n) is 3.15. The first-order valence-electron chi connectivity index (χ1n) is 7.24. The maximum Gasteiger partial charge on any atom is 0.341 e. The van der Waals surface area contributed by atoms with E-state index in [4.69, 9.17) is 19.7 Å². The van der Waals surface area contributed by atoms with Crippen LogP contribution in [0.4, 0.5) is 5.95 Å². The number of carbonyl (C=O) groups is 3. The zero-order chi connectivity index (χ0) is 19.1. The Morgan fingerprint density at radius 1 is 1.15 bits per heavy atom. The summed E-state index contributed by atoms with van der Waals surface area (Å²) in [5, 5.41) is 19.9. The molecule has 2 rings (SSSR count). The minimum Gasteiger partial charge on any atom is -0.493 e. The summed E-state index contributed by atoms with van der Waals surface area (Å²) in [5.41, 5.74) is 1.18. The summed E-state index contributed by atoms with van der Waals surface area (Å²) in [6, 6.07) is 3.03. The van der Waals surface area contributed by atoms with E-state index >= 15 is 0 Å². The van der Waals surface area contributed by atoms with E-state index in [0.29, 0.717) is 17.4 Å². The van der Waals surface area contributed by atoms with Crippen molar-refractivity contribution in [3.05, 3.63) is 30.1 Å². The molecule has 3 N–H and O–H groups in total. The Morgan fingerprint density at radius 3 is 2.38 bits per heavy atom. The van der Waals surface area contributed by atoms with Crippen molar-refractivity contribution in [2.24, 2.45) is 0 Å². The van der Waals surface area contributed by atoms with Gasteiger partial charge in [0.2, 0.25) is 5.95 Å². The van der Waals surface area contributed by atoms with Gasteiger partial charge in [-0.25, -0.2) is 14.8 Å². The molecule has 1 aromatic heterocycles. The Kier molecular flexibility index (Phi) is 6.04. The Balaban J connectivity index is 2.33. The highest BCUT2D eigenvalue weighted by Gasteiger charge is 2.15. The maximum absolute atomic E-state index is 11.3. The first-order valence-corrected chi connectivity index (χ1v) is 7.24. The highest BCUT2D eigenvalue weighted by atomic mass is 16.5. The van der Waals surface area contributed by atoms with Crippen LogP contribution < -0.4 is 14.8 Å². The second-order valence-electron chi connectivity index (χ2n) is 4.94. The van der Waals surface area contributed by atoms with Crippen molar-refractivity contribution in [3.63, 3.8) is 0 Å². The number of aromatic nitrogens is 2. The molecule has 10 heteroatoms. The molecular weight excluding hydrogens is 346 g/mol. The average molecular weight is 361 g/mol. The third-order valence-corrected chi connectivity index (χ3v) is 3.15. The molecule has 2 aromatic rings. The molecule has 0 atom stereocenters. The molecular formula is C16H15N3O7. The minimum absolute atomic E-state index is 0.0225. The molecule has 0 saturated heterocycles. The first kappa shape index (κ1) is 18.6. The van der Waals surface area contributed by atoms with Crippen LogP contribution >= 0.6 is 0 Å². The lowest BCUT2D eigenvalue weighted by Crippen LogP contribution is -2.14. The van der Waals surface area contributed by atoms with E-state index in [1.165, 1.54) is 25.6 Å². The van der Waals surface area contributed by atoms with Crippen LogP contribution in [-0.4, -0.2) is 58.7 Å². The SMILES string of the molecule is COc1cc(-c2cnc(NCC(=O)O)nc2)cc(C=O)c1OCC(=O)O. The van der Waals surface area contributed by atoms with Gasteiger partial charge in [0.25, 0.3) is 0 Å². The van der Waals surface area contributed by atoms with Crippen molar-refractivity contribution < 1.29 is 34.1 Å². The molecule has 26 heavy (non-hydrogen) atoms. The van der Waals surface area contributed by atoms with Crippen molar-refractivity contribution >= 4 is 24.2 Å². The Labute approximate surface area is 147 Å². The quantitative estimate of drug-likeness (QED) is 0.551. The second kappa shape index (κ2) is 8.42. The van der Waals surface area contributed by atoms with Gasteiger partial charge in [0.1, 0.15) is 6.54 Å². The van der Waals surface area contributed by atoms with E-state index in [-0.39, 0.29) is 29.6 Å². The van der Waals surface area contributed by atoms with Gasteiger partial charge in [0.15, 0.2) is 24.4 Å². The highest BCUT2D eigenvalue weighted by Crippen LogP contribution is 2.35. The molecule has 0 amide bonds. The monoisotopic (exact) mass is 361 g/mol. The van der Waals surface area contributed by atoms with Gasteiger partial charge >= 0.3 is 11.9 Å². The van der Waals surface area contributed by atoms with E-state index in [0.717, 1.165) is 0 Å². The molecule has 0 aliphatic heterocycles. The van der Waals surface area contributed by atoms with Gasteiger partial charge in [-0.15, -0.1) is 0 Å². The van der Waals surface area contributed by atoms with Gasteiger partial charge < -0.3 is 25.0 Å². The second-order valence-corrected chi connectivity index (χ2v) is 4.94. The number of anilines is 1. The first-order chi connectivity index (χ1) is 12.4. The number of aliphatic carboxylic acids is 2. The number of carboxylic acid groups (broad SMARTS) is 2. The van der Waals surface area contributed by atoms with Crippen LogP contribution in [-0.2, 0) is 9.59 Å². The number of rotatable bonds is 9. The fraction of sp³-hybridized carbons (Fsp3) is 0.188. The van der Waals surface area contributed by atoms with Crippen molar-refractivity contribution in [3.8, 4) is 22.6 Å². The van der Waals surface area contributed by atoms with Gasteiger partial charge in [-0.2, -0.15) is 0 Å². The molecule has 10 nitrogen and oxygen atoms in total. The smallest absolute Gasteiger partial charge is 0.341 e. The third kappa shape index (κ3) is 4.66. The fourth-order valence-electron chi connectivity index (χ4n) is 2.04. The van der Waals surface area contributed by atoms with Crippen molar-refractivity contribution in [1.82, 2.24) is 9.97 Å². The van der Waals surface area contributed by atoms with Gasteiger partial charge in [-0.3, -0.25) is 9.59 Å². The number of carbonyl (C=O) groups excluding carboxylic acids is 1. The Hall–Kier alpha value is -3.69. The predicted molar refractivity (Wildman–Crippen MR) is 88.7 cm³/mol. The van der Waals surface area contributed by atoms with Crippen LogP contribution in [0.5, 0.6) is 11.5 Å². The fourth-order valence-corrected chi connectivity index (χ4v) is 2.04. The summed E-state index contributed by atoms with van der Waals surface area (Å²) in [4.78, 5) is 40.5. The zero-order valence-corrected chi connectivity index (χ0v) is 13.6. The summed E-state index contributed by atoms with van der Waals surface area (Å²) in [5.74, 6) is -1.89. The summed E-state index contributed by atoms with van der Waals surface area (Å²) >= 11 is 0. The molecule has 0 unspecified atom stereocenters. The van der Waals surface area contributed by atoms with Crippen molar-refractivity contribution in [2.75, 3.05) is 25.6 Å². The van der Waals surface area contributed by atoms with Crippen LogP contribution in [0.1, 0.15) is 10.4 Å². The number of nitrogens with one attached hydrogen (secondary N) is 1. The van der Waals surface area contributed by atoms with Crippen LogP contribution in [0.25, 0.3) is 11.1 Å². The van der Waals surface area contributed by atoms with E-state index in [1.807, 2.05) is 0 Å². The van der Waals surface area contributed by atoms with Gasteiger partial charge in [0.05, 0.1) is 12.7 Å². The number of benzene rings is 1. The van der Waals surface area contributed by atoms with E-state index in [1.54, 1.807) is 6.07 Å². The molecule has 136 valence electrons. The summed E-state index contributed by atoms with van der Waals surface area (Å²) in [6.07, 6.45) is 3.41. The molecule has 1 heterocycles. The largest absolute Gasteiger partial charge is 0.493 e. The lowest BCUT2D eigenvalue weighted by molar-refractivity contribution is -0.139. The minimum atomic E-state index is -1.19. The molecule has 0 aliphatic carbocycles. The van der Waals surface area contributed by atoms with Crippen LogP contribution in [0.2, 0.25) is 0 Å². The maximum atomic E-state index is 11.3.